The van der Waals surface area contributed by atoms with Crippen molar-refractivity contribution in [2.75, 3.05) is 18.4 Å². The van der Waals surface area contributed by atoms with Crippen LogP contribution in [0.25, 0.3) is 0 Å². The van der Waals surface area contributed by atoms with Crippen LogP contribution in [0.5, 0.6) is 0 Å². The molecular formula is C19H20N4O4. The van der Waals surface area contributed by atoms with Gasteiger partial charge in [0, 0.05) is 31.3 Å². The van der Waals surface area contributed by atoms with E-state index in [1.54, 1.807) is 30.3 Å². The van der Waals surface area contributed by atoms with E-state index >= 15 is 0 Å². The molecule has 0 radical (unpaired) electrons. The van der Waals surface area contributed by atoms with E-state index in [9.17, 15) is 19.7 Å². The number of nitro benzene ring substituents is 1. The van der Waals surface area contributed by atoms with Crippen molar-refractivity contribution in [3.63, 3.8) is 0 Å². The van der Waals surface area contributed by atoms with Crippen LogP contribution in [0.1, 0.15) is 28.8 Å². The van der Waals surface area contributed by atoms with Crippen LogP contribution >= 0.6 is 0 Å². The molecule has 1 aliphatic heterocycles. The molecule has 3 amide bonds. The molecule has 1 saturated heterocycles. The molecule has 0 saturated carbocycles. The highest BCUT2D eigenvalue weighted by atomic mass is 16.6. The number of carbonyl (C=O) groups is 2. The molecule has 0 aliphatic carbocycles. The Bertz CT molecular complexity index is 845. The van der Waals surface area contributed by atoms with E-state index in [0.29, 0.717) is 5.56 Å². The Morgan fingerprint density at radius 1 is 1.04 bits per heavy atom. The smallest absolute Gasteiger partial charge is 0.319 e. The van der Waals surface area contributed by atoms with Gasteiger partial charge in [0.1, 0.15) is 5.69 Å². The van der Waals surface area contributed by atoms with Gasteiger partial charge in [-0.2, -0.15) is 0 Å². The van der Waals surface area contributed by atoms with Gasteiger partial charge in [-0.25, -0.2) is 4.79 Å². The zero-order chi connectivity index (χ0) is 19.2. The fourth-order valence-corrected chi connectivity index (χ4v) is 2.96. The van der Waals surface area contributed by atoms with Crippen molar-refractivity contribution >= 4 is 23.3 Å². The van der Waals surface area contributed by atoms with Gasteiger partial charge >= 0.3 is 6.03 Å². The first kappa shape index (κ1) is 18.4. The number of nitro groups is 1. The van der Waals surface area contributed by atoms with Crippen LogP contribution in [-0.4, -0.2) is 34.9 Å². The monoisotopic (exact) mass is 368 g/mol. The first-order chi connectivity index (χ1) is 13.0. The molecule has 2 N–H and O–H groups in total. The molecule has 1 heterocycles. The number of anilines is 1. The maximum Gasteiger partial charge on any atom is 0.319 e. The molecule has 0 unspecified atom stereocenters. The van der Waals surface area contributed by atoms with Crippen LogP contribution in [0.4, 0.5) is 16.2 Å². The summed E-state index contributed by atoms with van der Waals surface area (Å²) in [6, 6.07) is 12.5. The van der Waals surface area contributed by atoms with E-state index in [2.05, 4.69) is 10.6 Å². The highest BCUT2D eigenvalue weighted by molar-refractivity contribution is 5.94. The predicted octanol–water partition coefficient (Wildman–Crippen LogP) is 3.15. The normalized spacial score (nSPS) is 13.3. The molecule has 0 spiro atoms. The minimum atomic E-state index is -0.550. The average Bonchev–Trinajstić information content (AvgIpc) is 3.21. The lowest BCUT2D eigenvalue weighted by atomic mass is 10.1. The van der Waals surface area contributed by atoms with Crippen LogP contribution in [0.3, 0.4) is 0 Å². The molecule has 1 fully saturated rings. The van der Waals surface area contributed by atoms with E-state index in [-0.39, 0.29) is 23.8 Å². The standard InChI is InChI=1S/C19H20N4O4/c24-18(22-11-3-4-12-22)15-9-7-14(8-10-15)13-20-19(25)21-16-5-1-2-6-17(16)23(26)27/h1-2,5-10H,3-4,11-13H2,(H2,20,21,25). The Labute approximate surface area is 156 Å². The van der Waals surface area contributed by atoms with Crippen molar-refractivity contribution in [2.45, 2.75) is 19.4 Å². The molecular weight excluding hydrogens is 348 g/mol. The largest absolute Gasteiger partial charge is 0.339 e. The number of amides is 3. The zero-order valence-electron chi connectivity index (χ0n) is 14.7. The average molecular weight is 368 g/mol. The number of hydrogen-bond acceptors (Lipinski definition) is 4. The van der Waals surface area contributed by atoms with E-state index in [4.69, 9.17) is 0 Å². The van der Waals surface area contributed by atoms with Gasteiger partial charge < -0.3 is 15.5 Å². The summed E-state index contributed by atoms with van der Waals surface area (Å²) in [6.45, 7) is 1.84. The predicted molar refractivity (Wildman–Crippen MR) is 101 cm³/mol. The molecule has 2 aromatic rings. The Kier molecular flexibility index (Phi) is 5.65. The number of benzene rings is 2. The van der Waals surface area contributed by atoms with Gasteiger partial charge in [-0.15, -0.1) is 0 Å². The minimum Gasteiger partial charge on any atom is -0.339 e. The van der Waals surface area contributed by atoms with Crippen LogP contribution < -0.4 is 10.6 Å². The maximum absolute atomic E-state index is 12.3. The van der Waals surface area contributed by atoms with Gasteiger partial charge in [-0.05, 0) is 36.6 Å². The van der Waals surface area contributed by atoms with Crippen molar-refractivity contribution in [2.24, 2.45) is 0 Å². The van der Waals surface area contributed by atoms with E-state index < -0.39 is 11.0 Å². The molecule has 0 atom stereocenters. The van der Waals surface area contributed by atoms with Crippen LogP contribution in [0.2, 0.25) is 0 Å². The summed E-state index contributed by atoms with van der Waals surface area (Å²) >= 11 is 0. The number of nitrogens with zero attached hydrogens (tertiary/aromatic N) is 2. The van der Waals surface area contributed by atoms with Crippen molar-refractivity contribution in [3.05, 3.63) is 69.8 Å². The summed E-state index contributed by atoms with van der Waals surface area (Å²) in [5.41, 5.74) is 1.42. The van der Waals surface area contributed by atoms with Crippen molar-refractivity contribution in [1.82, 2.24) is 10.2 Å². The van der Waals surface area contributed by atoms with E-state index in [0.717, 1.165) is 31.5 Å². The van der Waals surface area contributed by atoms with Crippen LogP contribution in [0, 0.1) is 10.1 Å². The number of para-hydroxylation sites is 2. The second kappa shape index (κ2) is 8.31. The topological polar surface area (TPSA) is 105 Å². The molecule has 8 nitrogen and oxygen atoms in total. The third kappa shape index (κ3) is 4.60. The number of hydrogen-bond donors (Lipinski definition) is 2. The molecule has 2 aromatic carbocycles. The summed E-state index contributed by atoms with van der Waals surface area (Å²) in [7, 11) is 0. The first-order valence-corrected chi connectivity index (χ1v) is 8.71. The first-order valence-electron chi connectivity index (χ1n) is 8.71. The lowest BCUT2D eigenvalue weighted by molar-refractivity contribution is -0.383. The molecule has 140 valence electrons. The molecule has 8 heteroatoms. The fraction of sp³-hybridized carbons (Fsp3) is 0.263. The van der Waals surface area contributed by atoms with Gasteiger partial charge in [-0.1, -0.05) is 24.3 Å². The molecule has 3 rings (SSSR count). The summed E-state index contributed by atoms with van der Waals surface area (Å²) in [5.74, 6) is 0.0288. The van der Waals surface area contributed by atoms with Gasteiger partial charge in [0.2, 0.25) is 0 Å². The lowest BCUT2D eigenvalue weighted by Crippen LogP contribution is -2.29. The molecule has 0 bridgehead atoms. The third-order valence-electron chi connectivity index (χ3n) is 4.40. The number of likely N-dealkylation sites (tertiary alicyclic amines) is 1. The summed E-state index contributed by atoms with van der Waals surface area (Å²) < 4.78 is 0. The number of nitrogens with one attached hydrogen (secondary N) is 2. The van der Waals surface area contributed by atoms with Gasteiger partial charge in [0.15, 0.2) is 0 Å². The summed E-state index contributed by atoms with van der Waals surface area (Å²) in [4.78, 5) is 36.6. The highest BCUT2D eigenvalue weighted by Gasteiger charge is 2.19. The Balaban J connectivity index is 1.55. The Morgan fingerprint density at radius 3 is 2.37 bits per heavy atom. The number of rotatable bonds is 5. The minimum absolute atomic E-state index is 0.0288. The van der Waals surface area contributed by atoms with Gasteiger partial charge in [0.05, 0.1) is 4.92 Å². The lowest BCUT2D eigenvalue weighted by Gasteiger charge is -2.15. The van der Waals surface area contributed by atoms with E-state index in [1.807, 2.05) is 4.90 Å². The summed E-state index contributed by atoms with van der Waals surface area (Å²) in [5, 5.41) is 16.1. The SMILES string of the molecule is O=C(NCc1ccc(C(=O)N2CCCC2)cc1)Nc1ccccc1[N+](=O)[O-]. The number of urea groups is 1. The maximum atomic E-state index is 12.3. The summed E-state index contributed by atoms with van der Waals surface area (Å²) in [6.07, 6.45) is 2.09. The van der Waals surface area contributed by atoms with Crippen molar-refractivity contribution in [1.29, 1.82) is 0 Å². The Hall–Kier alpha value is -3.42. The highest BCUT2D eigenvalue weighted by Crippen LogP contribution is 2.22. The van der Waals surface area contributed by atoms with Crippen LogP contribution in [-0.2, 0) is 6.54 Å². The fourth-order valence-electron chi connectivity index (χ4n) is 2.96. The molecule has 1 aliphatic rings. The van der Waals surface area contributed by atoms with Gasteiger partial charge in [0.25, 0.3) is 11.6 Å². The van der Waals surface area contributed by atoms with Crippen LogP contribution in [0.15, 0.2) is 48.5 Å². The zero-order valence-corrected chi connectivity index (χ0v) is 14.7. The number of carbonyl (C=O) groups excluding carboxylic acids is 2. The van der Waals surface area contributed by atoms with Gasteiger partial charge in [-0.3, -0.25) is 14.9 Å². The van der Waals surface area contributed by atoms with Crippen molar-refractivity contribution < 1.29 is 14.5 Å². The van der Waals surface area contributed by atoms with E-state index in [1.165, 1.54) is 18.2 Å². The quantitative estimate of drug-likeness (QED) is 0.625. The third-order valence-corrected chi connectivity index (χ3v) is 4.40. The second-order valence-corrected chi connectivity index (χ2v) is 6.28. The Morgan fingerprint density at radius 2 is 1.70 bits per heavy atom. The molecule has 0 aromatic heterocycles. The molecule has 27 heavy (non-hydrogen) atoms. The second-order valence-electron chi connectivity index (χ2n) is 6.28. The van der Waals surface area contributed by atoms with Crippen molar-refractivity contribution in [3.8, 4) is 0 Å².